The van der Waals surface area contributed by atoms with Crippen molar-refractivity contribution in [2.45, 2.75) is 167 Å². The minimum absolute atomic E-state index is 0.0172. The van der Waals surface area contributed by atoms with Gasteiger partial charge in [0.25, 0.3) is 0 Å². The number of rotatable bonds is 1. The molecule has 4 aliphatic carbocycles. The van der Waals surface area contributed by atoms with E-state index in [0.717, 1.165) is 0 Å². The van der Waals surface area contributed by atoms with Gasteiger partial charge in [-0.05, 0) is 191 Å². The molecule has 4 heteroatoms. The zero-order valence-electron chi connectivity index (χ0n) is 48.8. The molecule has 10 aromatic rings. The van der Waals surface area contributed by atoms with E-state index in [0.29, 0.717) is 0 Å². The molecule has 0 amide bonds. The summed E-state index contributed by atoms with van der Waals surface area (Å²) in [6, 6.07) is 49.9. The van der Waals surface area contributed by atoms with Gasteiger partial charge in [0, 0.05) is 70.0 Å². The summed E-state index contributed by atoms with van der Waals surface area (Å²) in [6.45, 7) is 36.9. The lowest BCUT2D eigenvalue weighted by Crippen LogP contribution is -2.60. The highest BCUT2D eigenvalue weighted by Gasteiger charge is 2.51. The molecule has 388 valence electrons. The van der Waals surface area contributed by atoms with Crippen LogP contribution >= 0.6 is 11.3 Å². The molecule has 0 radical (unpaired) electrons. The summed E-state index contributed by atoms with van der Waals surface area (Å²) >= 11 is 2.03. The molecule has 2 aromatic heterocycles. The second kappa shape index (κ2) is 14.5. The van der Waals surface area contributed by atoms with Gasteiger partial charge < -0.3 is 9.38 Å². The molecule has 0 atom stereocenters. The molecule has 2 aliphatic heterocycles. The topological polar surface area (TPSA) is 8.17 Å². The van der Waals surface area contributed by atoms with E-state index in [1.807, 2.05) is 11.3 Å². The molecule has 0 unspecified atom stereocenters. The third-order valence-electron chi connectivity index (χ3n) is 21.6. The van der Waals surface area contributed by atoms with E-state index in [1.165, 1.54) is 174 Å². The fourth-order valence-corrected chi connectivity index (χ4v) is 18.0. The van der Waals surface area contributed by atoms with Crippen LogP contribution in [0.3, 0.4) is 0 Å². The van der Waals surface area contributed by atoms with Gasteiger partial charge in [-0.2, -0.15) is 0 Å². The Hall–Kier alpha value is -6.36. The molecule has 4 heterocycles. The van der Waals surface area contributed by atoms with Crippen LogP contribution in [0.5, 0.6) is 0 Å². The Morgan fingerprint density at radius 1 is 0.462 bits per heavy atom. The number of thiophene rings is 1. The van der Waals surface area contributed by atoms with Crippen LogP contribution in [0.1, 0.15) is 180 Å². The molecular formula is C74H73BN2S. The first-order valence-corrected chi connectivity index (χ1v) is 30.2. The van der Waals surface area contributed by atoms with Crippen molar-refractivity contribution >= 4 is 82.5 Å². The molecule has 78 heavy (non-hydrogen) atoms. The molecule has 0 bridgehead atoms. The Kier molecular flexibility index (Phi) is 8.86. The maximum Gasteiger partial charge on any atom is 0.333 e. The van der Waals surface area contributed by atoms with Gasteiger partial charge in [-0.1, -0.05) is 171 Å². The average molecular weight is 1030 g/mol. The van der Waals surface area contributed by atoms with Crippen LogP contribution in [0, 0.1) is 0 Å². The monoisotopic (exact) mass is 1030 g/mol. The van der Waals surface area contributed by atoms with Crippen molar-refractivity contribution in [2.75, 3.05) is 4.81 Å². The van der Waals surface area contributed by atoms with Crippen molar-refractivity contribution < 1.29 is 0 Å². The van der Waals surface area contributed by atoms with Crippen LogP contribution in [0.4, 0.5) is 11.4 Å². The zero-order chi connectivity index (χ0) is 54.1. The lowest BCUT2D eigenvalue weighted by molar-refractivity contribution is 0.331. The molecule has 0 saturated carbocycles. The molecule has 2 nitrogen and oxygen atoms in total. The molecule has 0 fully saturated rings. The lowest BCUT2D eigenvalue weighted by Gasteiger charge is -2.43. The molecule has 0 spiro atoms. The minimum Gasteiger partial charge on any atom is -0.376 e. The van der Waals surface area contributed by atoms with Crippen molar-refractivity contribution in [3.8, 4) is 39.1 Å². The van der Waals surface area contributed by atoms with E-state index >= 15 is 0 Å². The molecule has 16 rings (SSSR count). The number of anilines is 2. The van der Waals surface area contributed by atoms with Gasteiger partial charge in [0.15, 0.2) is 0 Å². The number of fused-ring (bicyclic) bond motifs is 21. The number of hydrogen-bond donors (Lipinski definition) is 0. The molecule has 8 aromatic carbocycles. The van der Waals surface area contributed by atoms with Crippen LogP contribution in [-0.2, 0) is 37.9 Å². The minimum atomic E-state index is -0.204. The van der Waals surface area contributed by atoms with Crippen LogP contribution in [0.25, 0.3) is 81.0 Å². The van der Waals surface area contributed by atoms with Crippen LogP contribution in [-0.4, -0.2) is 11.4 Å². The van der Waals surface area contributed by atoms with E-state index in [-0.39, 0.29) is 44.8 Å². The Bertz CT molecular complexity index is 4420. The van der Waals surface area contributed by atoms with E-state index < -0.39 is 0 Å². The van der Waals surface area contributed by atoms with Crippen LogP contribution in [0.15, 0.2) is 121 Å². The quantitative estimate of drug-likeness (QED) is 0.149. The summed E-state index contributed by atoms with van der Waals surface area (Å²) in [5, 5.41) is 5.61. The molecule has 0 N–H and O–H groups in total. The first-order valence-electron chi connectivity index (χ1n) is 29.4. The van der Waals surface area contributed by atoms with Gasteiger partial charge >= 0.3 is 6.85 Å². The first-order chi connectivity index (χ1) is 36.8. The van der Waals surface area contributed by atoms with E-state index in [9.17, 15) is 0 Å². The van der Waals surface area contributed by atoms with Crippen molar-refractivity contribution in [1.29, 1.82) is 0 Å². The predicted octanol–water partition coefficient (Wildman–Crippen LogP) is 19.0. The Labute approximate surface area is 467 Å². The van der Waals surface area contributed by atoms with E-state index in [2.05, 4.69) is 235 Å². The van der Waals surface area contributed by atoms with Crippen LogP contribution < -0.4 is 15.7 Å². The van der Waals surface area contributed by atoms with Gasteiger partial charge in [-0.25, -0.2) is 0 Å². The largest absolute Gasteiger partial charge is 0.376 e. The van der Waals surface area contributed by atoms with Gasteiger partial charge in [0.05, 0.1) is 11.0 Å². The molecule has 0 saturated heterocycles. The normalized spacial score (nSPS) is 19.6. The summed E-state index contributed by atoms with van der Waals surface area (Å²) in [5.41, 5.74) is 31.0. The highest BCUT2D eigenvalue weighted by Crippen LogP contribution is 2.61. The van der Waals surface area contributed by atoms with Crippen molar-refractivity contribution in [3.63, 3.8) is 0 Å². The summed E-state index contributed by atoms with van der Waals surface area (Å²) in [7, 11) is 0. The summed E-state index contributed by atoms with van der Waals surface area (Å²) in [4.78, 5) is 2.83. The summed E-state index contributed by atoms with van der Waals surface area (Å²) in [5.74, 6) is 0. The lowest BCUT2D eigenvalue weighted by atomic mass is 9.43. The van der Waals surface area contributed by atoms with Gasteiger partial charge in [-0.15, -0.1) is 11.3 Å². The maximum absolute atomic E-state index is 2.83. The van der Waals surface area contributed by atoms with Gasteiger partial charge in [0.1, 0.15) is 0 Å². The number of nitrogens with zero attached hydrogens (tertiary/aromatic N) is 2. The SMILES string of the molecule is CC(C)(C)c1ccc(N2B3c4cc5c(cc4-n4c6cc7c(cc6c6c8c(sc9ccccc98)c(c3c64)-c3cc4c(cc32)-c2cc3c(cc2C4(C)C)C(C)(C)CCC3(C)C)C(C)(C)CCC7(C)C)-c2ccccc2C5(C)C)cc1. The highest BCUT2D eigenvalue weighted by atomic mass is 32.1. The van der Waals surface area contributed by atoms with E-state index in [1.54, 1.807) is 5.56 Å². The zero-order valence-corrected chi connectivity index (χ0v) is 49.6. The fraction of sp³-hybridized carbons (Fsp3) is 0.351. The summed E-state index contributed by atoms with van der Waals surface area (Å²) in [6.07, 6.45) is 4.76. The number of hydrogen-bond acceptors (Lipinski definition) is 2. The predicted molar refractivity (Wildman–Crippen MR) is 337 cm³/mol. The number of aromatic nitrogens is 1. The number of benzene rings is 8. The van der Waals surface area contributed by atoms with Crippen molar-refractivity contribution in [2.24, 2.45) is 0 Å². The Morgan fingerprint density at radius 3 is 1.69 bits per heavy atom. The second-order valence-electron chi connectivity index (χ2n) is 29.8. The third kappa shape index (κ3) is 5.81. The fourth-order valence-electron chi connectivity index (χ4n) is 16.7. The standard InChI is InChI=1S/C74H73BN2S/c1-68(2,3)40-24-26-41(27-25-40)77-59-35-46-44-32-53-55(71(8,9)30-28-69(53,4)5)37-51(44)74(14,15)50(46)33-48(59)64-65-66-62(63-43-21-17-19-23-61(43)78-67(63)64)47-34-54-56(72(10,11)31-29-70(54,6)7)39-58(47)76(66)60-36-45-42-20-16-18-22-49(42)73(12,13)52(45)38-57(60)75(65)77/h16-27,32-39H,28-31H2,1-15H3. The van der Waals surface area contributed by atoms with Gasteiger partial charge in [-0.3, -0.25) is 0 Å². The Morgan fingerprint density at radius 2 is 1.00 bits per heavy atom. The van der Waals surface area contributed by atoms with E-state index in [4.69, 9.17) is 0 Å². The Balaban J connectivity index is 1.12. The second-order valence-corrected chi connectivity index (χ2v) is 30.8. The average Bonchev–Trinajstić information content (AvgIpc) is 2.11. The van der Waals surface area contributed by atoms with Crippen molar-refractivity contribution in [1.82, 2.24) is 4.57 Å². The highest BCUT2D eigenvalue weighted by molar-refractivity contribution is 7.27. The summed E-state index contributed by atoms with van der Waals surface area (Å²) < 4.78 is 5.59. The van der Waals surface area contributed by atoms with Crippen molar-refractivity contribution in [3.05, 3.63) is 171 Å². The smallest absolute Gasteiger partial charge is 0.333 e. The first kappa shape index (κ1) is 47.6. The molecular weight excluding hydrogens is 960 g/mol. The van der Waals surface area contributed by atoms with Crippen LogP contribution in [0.2, 0.25) is 0 Å². The maximum atomic E-state index is 2.83. The molecule has 6 aliphatic rings. The third-order valence-corrected chi connectivity index (χ3v) is 22.8. The van der Waals surface area contributed by atoms with Gasteiger partial charge in [0.2, 0.25) is 0 Å².